The second-order valence-electron chi connectivity index (χ2n) is 5.99. The molecule has 4 heteroatoms. The molecule has 0 amide bonds. The Labute approximate surface area is 105 Å². The first-order valence-electron chi connectivity index (χ1n) is 6.99. The Morgan fingerprint density at radius 2 is 1.82 bits per heavy atom. The van der Waals surface area contributed by atoms with E-state index < -0.39 is 9.84 Å². The van der Waals surface area contributed by atoms with Gasteiger partial charge in [0, 0.05) is 6.04 Å². The number of hydrogen-bond acceptors (Lipinski definition) is 3. The summed E-state index contributed by atoms with van der Waals surface area (Å²) in [6.07, 6.45) is 7.18. The van der Waals surface area contributed by atoms with Crippen molar-refractivity contribution in [1.29, 1.82) is 0 Å². The second-order valence-corrected chi connectivity index (χ2v) is 8.22. The van der Waals surface area contributed by atoms with Crippen molar-refractivity contribution in [3.63, 3.8) is 0 Å². The van der Waals surface area contributed by atoms with Crippen LogP contribution in [0, 0.1) is 11.8 Å². The molecule has 0 aromatic rings. The topological polar surface area (TPSA) is 46.2 Å². The number of sulfone groups is 1. The Balaban J connectivity index is 1.71. The van der Waals surface area contributed by atoms with Gasteiger partial charge in [-0.25, -0.2) is 8.42 Å². The molecule has 2 rings (SSSR count). The third-order valence-electron chi connectivity index (χ3n) is 4.29. The quantitative estimate of drug-likeness (QED) is 0.843. The van der Waals surface area contributed by atoms with Gasteiger partial charge < -0.3 is 5.32 Å². The predicted molar refractivity (Wildman–Crippen MR) is 70.8 cm³/mol. The van der Waals surface area contributed by atoms with Crippen molar-refractivity contribution in [2.24, 2.45) is 11.8 Å². The molecule has 1 saturated heterocycles. The molecule has 1 N–H and O–H groups in total. The van der Waals surface area contributed by atoms with Gasteiger partial charge in [0.2, 0.25) is 0 Å². The average molecular weight is 259 g/mol. The van der Waals surface area contributed by atoms with Gasteiger partial charge >= 0.3 is 0 Å². The van der Waals surface area contributed by atoms with Gasteiger partial charge in [0.15, 0.2) is 9.84 Å². The fourth-order valence-corrected chi connectivity index (χ4v) is 4.72. The van der Waals surface area contributed by atoms with Crippen LogP contribution in [0.15, 0.2) is 0 Å². The third-order valence-corrected chi connectivity index (χ3v) is 6.11. The predicted octanol–water partition coefficient (Wildman–Crippen LogP) is 1.98. The minimum absolute atomic E-state index is 0.216. The highest BCUT2D eigenvalue weighted by Crippen LogP contribution is 2.28. The standard InChI is InChI=1S/C13H25NO2S/c1-11-4-6-12(7-5-11)9-14-13-3-2-8-17(15,16)10-13/h11-14H,2-10H2,1H3. The van der Waals surface area contributed by atoms with Crippen molar-refractivity contribution in [2.75, 3.05) is 18.1 Å². The average Bonchev–Trinajstić information content (AvgIpc) is 2.27. The molecule has 0 spiro atoms. The van der Waals surface area contributed by atoms with E-state index in [1.54, 1.807) is 0 Å². The summed E-state index contributed by atoms with van der Waals surface area (Å²) in [6.45, 7) is 3.35. The van der Waals surface area contributed by atoms with Crippen LogP contribution in [0.4, 0.5) is 0 Å². The summed E-state index contributed by atoms with van der Waals surface area (Å²) in [5.41, 5.74) is 0. The van der Waals surface area contributed by atoms with Gasteiger partial charge in [-0.15, -0.1) is 0 Å². The van der Waals surface area contributed by atoms with E-state index in [1.807, 2.05) is 0 Å². The van der Waals surface area contributed by atoms with Crippen LogP contribution in [0.1, 0.15) is 45.4 Å². The monoisotopic (exact) mass is 259 g/mol. The van der Waals surface area contributed by atoms with Crippen molar-refractivity contribution in [2.45, 2.75) is 51.5 Å². The second kappa shape index (κ2) is 5.70. The maximum absolute atomic E-state index is 11.5. The van der Waals surface area contributed by atoms with Crippen molar-refractivity contribution >= 4 is 9.84 Å². The maximum atomic E-state index is 11.5. The van der Waals surface area contributed by atoms with Crippen LogP contribution < -0.4 is 5.32 Å². The summed E-state index contributed by atoms with van der Waals surface area (Å²) in [7, 11) is -2.76. The van der Waals surface area contributed by atoms with Gasteiger partial charge in [0.05, 0.1) is 11.5 Å². The smallest absolute Gasteiger partial charge is 0.151 e. The molecule has 1 aliphatic carbocycles. The molecule has 1 aliphatic heterocycles. The SMILES string of the molecule is CC1CCC(CNC2CCCS(=O)(=O)C2)CC1. The van der Waals surface area contributed by atoms with Crippen molar-refractivity contribution < 1.29 is 8.42 Å². The molecule has 2 fully saturated rings. The van der Waals surface area contributed by atoms with E-state index >= 15 is 0 Å². The lowest BCUT2D eigenvalue weighted by atomic mass is 9.83. The van der Waals surface area contributed by atoms with Crippen LogP contribution in [-0.4, -0.2) is 32.5 Å². The highest BCUT2D eigenvalue weighted by atomic mass is 32.2. The minimum atomic E-state index is -2.76. The lowest BCUT2D eigenvalue weighted by Crippen LogP contribution is -2.42. The maximum Gasteiger partial charge on any atom is 0.151 e. The zero-order chi connectivity index (χ0) is 12.3. The Bertz CT molecular complexity index is 331. The van der Waals surface area contributed by atoms with Gasteiger partial charge in [-0.3, -0.25) is 0 Å². The summed E-state index contributed by atoms with van der Waals surface area (Å²) in [5.74, 6) is 2.42. The Kier molecular flexibility index (Phi) is 4.47. The van der Waals surface area contributed by atoms with E-state index in [0.717, 1.165) is 31.2 Å². The molecule has 2 aliphatic rings. The first kappa shape index (κ1) is 13.3. The lowest BCUT2D eigenvalue weighted by Gasteiger charge is -2.29. The molecule has 1 heterocycles. The molecule has 0 radical (unpaired) electrons. The zero-order valence-corrected chi connectivity index (χ0v) is 11.6. The molecule has 1 atom stereocenters. The minimum Gasteiger partial charge on any atom is -0.313 e. The highest BCUT2D eigenvalue weighted by Gasteiger charge is 2.25. The summed E-state index contributed by atoms with van der Waals surface area (Å²) in [4.78, 5) is 0. The summed E-state index contributed by atoms with van der Waals surface area (Å²) < 4.78 is 23.0. The van der Waals surface area contributed by atoms with E-state index in [-0.39, 0.29) is 6.04 Å². The first-order chi connectivity index (χ1) is 8.05. The van der Waals surface area contributed by atoms with E-state index in [2.05, 4.69) is 12.2 Å². The number of rotatable bonds is 3. The summed E-state index contributed by atoms with van der Waals surface area (Å²) >= 11 is 0. The number of hydrogen-bond donors (Lipinski definition) is 1. The fraction of sp³-hybridized carbons (Fsp3) is 1.00. The summed E-state index contributed by atoms with van der Waals surface area (Å²) in [5, 5.41) is 3.48. The van der Waals surface area contributed by atoms with Crippen LogP contribution >= 0.6 is 0 Å². The molecule has 0 aromatic heterocycles. The van der Waals surface area contributed by atoms with Crippen LogP contribution in [0.25, 0.3) is 0 Å². The van der Waals surface area contributed by atoms with Crippen molar-refractivity contribution in [3.05, 3.63) is 0 Å². The van der Waals surface area contributed by atoms with E-state index in [0.29, 0.717) is 11.5 Å². The Morgan fingerprint density at radius 3 is 2.47 bits per heavy atom. The molecule has 17 heavy (non-hydrogen) atoms. The highest BCUT2D eigenvalue weighted by molar-refractivity contribution is 7.91. The lowest BCUT2D eigenvalue weighted by molar-refractivity contribution is 0.273. The molecular formula is C13H25NO2S. The van der Waals surface area contributed by atoms with Crippen LogP contribution in [-0.2, 0) is 9.84 Å². The van der Waals surface area contributed by atoms with Crippen LogP contribution in [0.3, 0.4) is 0 Å². The van der Waals surface area contributed by atoms with Gasteiger partial charge in [0.25, 0.3) is 0 Å². The third kappa shape index (κ3) is 4.25. The normalized spacial score (nSPS) is 37.8. The molecule has 1 unspecified atom stereocenters. The zero-order valence-electron chi connectivity index (χ0n) is 10.8. The van der Waals surface area contributed by atoms with Crippen molar-refractivity contribution in [1.82, 2.24) is 5.32 Å². The largest absolute Gasteiger partial charge is 0.313 e. The van der Waals surface area contributed by atoms with E-state index in [9.17, 15) is 8.42 Å². The fourth-order valence-electron chi connectivity index (χ4n) is 3.05. The van der Waals surface area contributed by atoms with Crippen molar-refractivity contribution in [3.8, 4) is 0 Å². The van der Waals surface area contributed by atoms with E-state index in [1.165, 1.54) is 25.7 Å². The molecule has 0 aromatic carbocycles. The summed E-state index contributed by atoms with van der Waals surface area (Å²) in [6, 6.07) is 0.216. The Hall–Kier alpha value is -0.0900. The van der Waals surface area contributed by atoms with Gasteiger partial charge in [-0.1, -0.05) is 19.8 Å². The van der Waals surface area contributed by atoms with E-state index in [4.69, 9.17) is 0 Å². The van der Waals surface area contributed by atoms with Crippen LogP contribution in [0.2, 0.25) is 0 Å². The number of nitrogens with one attached hydrogen (secondary N) is 1. The van der Waals surface area contributed by atoms with Gasteiger partial charge in [-0.05, 0) is 44.1 Å². The Morgan fingerprint density at radius 1 is 1.12 bits per heavy atom. The molecule has 1 saturated carbocycles. The van der Waals surface area contributed by atoms with Crippen LogP contribution in [0.5, 0.6) is 0 Å². The molecule has 100 valence electrons. The first-order valence-corrected chi connectivity index (χ1v) is 8.81. The molecular weight excluding hydrogens is 234 g/mol. The molecule has 3 nitrogen and oxygen atoms in total. The van der Waals surface area contributed by atoms with Gasteiger partial charge in [0.1, 0.15) is 0 Å². The van der Waals surface area contributed by atoms with Gasteiger partial charge in [-0.2, -0.15) is 0 Å². The molecule has 0 bridgehead atoms.